The maximum atomic E-state index is 12.9. The Morgan fingerprint density at radius 3 is 2.68 bits per heavy atom. The number of aromatic nitrogens is 2. The largest absolute Gasteiger partial charge is 0.296 e. The number of Topliss-reactive ketones (excluding diaryl/α,β-unsaturated/α-hetero) is 1. The third-order valence-electron chi connectivity index (χ3n) is 5.25. The molecule has 0 N–H and O–H groups in total. The quantitative estimate of drug-likeness (QED) is 0.730. The highest BCUT2D eigenvalue weighted by Crippen LogP contribution is 2.46. The molecule has 0 bridgehead atoms. The molecule has 4 rings (SSSR count). The smallest absolute Gasteiger partial charge is 0.261 e. The second-order valence-corrected chi connectivity index (χ2v) is 7.45. The van der Waals surface area contributed by atoms with E-state index in [1.807, 2.05) is 4.57 Å². The van der Waals surface area contributed by atoms with Gasteiger partial charge < -0.3 is 0 Å². The van der Waals surface area contributed by atoms with E-state index in [9.17, 15) is 9.59 Å². The predicted molar refractivity (Wildman–Crippen MR) is 88.5 cm³/mol. The Hall–Kier alpha value is -1.49. The molecule has 1 aliphatic heterocycles. The van der Waals surface area contributed by atoms with Crippen molar-refractivity contribution >= 4 is 32.6 Å². The molecule has 1 aromatic heterocycles. The zero-order valence-corrected chi connectivity index (χ0v) is 14.1. The molecule has 4 nitrogen and oxygen atoms in total. The average Bonchev–Trinajstić information content (AvgIpc) is 3.09. The summed E-state index contributed by atoms with van der Waals surface area (Å²) in [5.41, 5.74) is 1.16. The molecule has 0 saturated heterocycles. The average molecular weight is 361 g/mol. The number of ketones is 1. The van der Waals surface area contributed by atoms with E-state index in [2.05, 4.69) is 15.9 Å². The van der Waals surface area contributed by atoms with Crippen molar-refractivity contribution in [1.82, 2.24) is 9.55 Å². The van der Waals surface area contributed by atoms with Crippen LogP contribution in [0.2, 0.25) is 0 Å². The number of nitrogens with zero attached hydrogens (tertiary/aromatic N) is 2. The van der Waals surface area contributed by atoms with Crippen LogP contribution in [0.1, 0.15) is 55.2 Å². The number of hydrogen-bond acceptors (Lipinski definition) is 3. The van der Waals surface area contributed by atoms with Crippen molar-refractivity contribution in [2.24, 2.45) is 0 Å². The van der Waals surface area contributed by atoms with Crippen molar-refractivity contribution in [1.29, 1.82) is 0 Å². The van der Waals surface area contributed by atoms with E-state index in [0.29, 0.717) is 16.5 Å². The molecular weight excluding hydrogens is 344 g/mol. The molecule has 2 aliphatic rings. The minimum atomic E-state index is -0.0541. The van der Waals surface area contributed by atoms with Crippen molar-refractivity contribution in [3.63, 3.8) is 0 Å². The van der Waals surface area contributed by atoms with E-state index in [0.717, 1.165) is 36.1 Å². The van der Waals surface area contributed by atoms with Gasteiger partial charge in [0, 0.05) is 22.0 Å². The molecule has 1 aliphatic carbocycles. The Bertz CT molecular complexity index is 863. The molecule has 114 valence electrons. The molecule has 0 atom stereocenters. The standard InChI is InChI=1S/C17H17BrN2O2/c1-10(21)12-8-11(18)9-13-14(12)19-16-17(4-2-3-5-17)6-7-20(16)15(13)22/h8-9H,2-7H2,1H3. The van der Waals surface area contributed by atoms with Crippen molar-refractivity contribution in [2.45, 2.75) is 51.0 Å². The lowest BCUT2D eigenvalue weighted by Crippen LogP contribution is -2.27. The third kappa shape index (κ3) is 1.84. The minimum Gasteiger partial charge on any atom is -0.296 e. The first-order valence-electron chi connectivity index (χ1n) is 7.77. The van der Waals surface area contributed by atoms with E-state index in [1.54, 1.807) is 12.1 Å². The van der Waals surface area contributed by atoms with E-state index in [-0.39, 0.29) is 16.8 Å². The van der Waals surface area contributed by atoms with Gasteiger partial charge in [-0.2, -0.15) is 0 Å². The molecule has 1 aromatic carbocycles. The molecule has 0 unspecified atom stereocenters. The van der Waals surface area contributed by atoms with Gasteiger partial charge in [0.15, 0.2) is 5.78 Å². The van der Waals surface area contributed by atoms with Gasteiger partial charge in [0.05, 0.1) is 10.9 Å². The zero-order valence-electron chi connectivity index (χ0n) is 12.5. The molecule has 1 fully saturated rings. The summed E-state index contributed by atoms with van der Waals surface area (Å²) in [6.07, 6.45) is 5.62. The minimum absolute atomic E-state index is 0.00687. The lowest BCUT2D eigenvalue weighted by Gasteiger charge is -2.22. The zero-order chi connectivity index (χ0) is 15.5. The third-order valence-corrected chi connectivity index (χ3v) is 5.71. The normalized spacial score (nSPS) is 19.0. The number of fused-ring (bicyclic) bond motifs is 3. The second kappa shape index (κ2) is 4.75. The topological polar surface area (TPSA) is 52.0 Å². The molecule has 0 radical (unpaired) electrons. The summed E-state index contributed by atoms with van der Waals surface area (Å²) in [6, 6.07) is 3.55. The van der Waals surface area contributed by atoms with Crippen LogP contribution in [-0.2, 0) is 12.0 Å². The summed E-state index contributed by atoms with van der Waals surface area (Å²) in [4.78, 5) is 29.7. The summed E-state index contributed by atoms with van der Waals surface area (Å²) in [6.45, 7) is 2.28. The van der Waals surface area contributed by atoms with Gasteiger partial charge in [0.2, 0.25) is 0 Å². The van der Waals surface area contributed by atoms with Gasteiger partial charge in [0.1, 0.15) is 5.82 Å². The molecule has 22 heavy (non-hydrogen) atoms. The molecular formula is C17H17BrN2O2. The summed E-state index contributed by atoms with van der Waals surface area (Å²) >= 11 is 3.40. The fourth-order valence-corrected chi connectivity index (χ4v) is 4.59. The molecule has 2 heterocycles. The number of rotatable bonds is 1. The highest BCUT2D eigenvalue weighted by Gasteiger charge is 2.43. The van der Waals surface area contributed by atoms with Crippen molar-refractivity contribution in [3.8, 4) is 0 Å². The van der Waals surface area contributed by atoms with Crippen LogP contribution in [0, 0.1) is 0 Å². The van der Waals surface area contributed by atoms with Gasteiger partial charge in [-0.15, -0.1) is 0 Å². The first-order chi connectivity index (χ1) is 10.5. The fraction of sp³-hybridized carbons (Fsp3) is 0.471. The van der Waals surface area contributed by atoms with Crippen LogP contribution >= 0.6 is 15.9 Å². The number of halogens is 1. The Morgan fingerprint density at radius 1 is 1.27 bits per heavy atom. The monoisotopic (exact) mass is 360 g/mol. The van der Waals surface area contributed by atoms with Gasteiger partial charge in [0.25, 0.3) is 5.56 Å². The van der Waals surface area contributed by atoms with Gasteiger partial charge in [-0.05, 0) is 38.3 Å². The Balaban J connectivity index is 2.09. The Morgan fingerprint density at radius 2 is 2.00 bits per heavy atom. The summed E-state index contributed by atoms with van der Waals surface area (Å²) < 4.78 is 2.59. The number of benzene rings is 1. The summed E-state index contributed by atoms with van der Waals surface area (Å²) in [5.74, 6) is 0.856. The molecule has 0 amide bonds. The van der Waals surface area contributed by atoms with Crippen LogP contribution in [0.5, 0.6) is 0 Å². The molecule has 1 saturated carbocycles. The van der Waals surface area contributed by atoms with Crippen molar-refractivity contribution < 1.29 is 4.79 Å². The van der Waals surface area contributed by atoms with Crippen LogP contribution in [0.4, 0.5) is 0 Å². The molecule has 5 heteroatoms. The highest BCUT2D eigenvalue weighted by atomic mass is 79.9. The first kappa shape index (κ1) is 14.1. The van der Waals surface area contributed by atoms with Gasteiger partial charge in [-0.25, -0.2) is 4.98 Å². The van der Waals surface area contributed by atoms with Crippen LogP contribution < -0.4 is 5.56 Å². The van der Waals surface area contributed by atoms with Crippen molar-refractivity contribution in [3.05, 3.63) is 38.3 Å². The van der Waals surface area contributed by atoms with Crippen LogP contribution in [0.15, 0.2) is 21.4 Å². The summed E-state index contributed by atoms with van der Waals surface area (Å²) in [7, 11) is 0. The predicted octanol–water partition coefficient (Wildman–Crippen LogP) is 3.58. The van der Waals surface area contributed by atoms with Crippen LogP contribution in [-0.4, -0.2) is 15.3 Å². The number of carbonyl (C=O) groups is 1. The van der Waals surface area contributed by atoms with Crippen LogP contribution in [0.25, 0.3) is 10.9 Å². The second-order valence-electron chi connectivity index (χ2n) is 6.54. The van der Waals surface area contributed by atoms with Gasteiger partial charge in [-0.3, -0.25) is 14.2 Å². The lowest BCUT2D eigenvalue weighted by molar-refractivity contribution is 0.101. The van der Waals surface area contributed by atoms with Gasteiger partial charge >= 0.3 is 0 Å². The van der Waals surface area contributed by atoms with E-state index < -0.39 is 0 Å². The number of hydrogen-bond donors (Lipinski definition) is 0. The Kier molecular flexibility index (Phi) is 3.05. The molecule has 1 spiro atoms. The maximum absolute atomic E-state index is 12.9. The first-order valence-corrected chi connectivity index (χ1v) is 8.57. The Labute approximate surface area is 136 Å². The van der Waals surface area contributed by atoms with Crippen LogP contribution in [0.3, 0.4) is 0 Å². The number of carbonyl (C=O) groups excluding carboxylic acids is 1. The van der Waals surface area contributed by atoms with E-state index >= 15 is 0 Å². The lowest BCUT2D eigenvalue weighted by atomic mass is 9.84. The molecule has 2 aromatic rings. The van der Waals surface area contributed by atoms with E-state index in [4.69, 9.17) is 4.98 Å². The highest BCUT2D eigenvalue weighted by molar-refractivity contribution is 9.10. The SMILES string of the molecule is CC(=O)c1cc(Br)cc2c(=O)n3c(nc12)C1(CCCC1)CC3. The maximum Gasteiger partial charge on any atom is 0.261 e. The summed E-state index contributed by atoms with van der Waals surface area (Å²) in [5, 5.41) is 0.540. The van der Waals surface area contributed by atoms with Gasteiger partial charge in [-0.1, -0.05) is 28.8 Å². The fourth-order valence-electron chi connectivity index (χ4n) is 4.13. The van der Waals surface area contributed by atoms with Crippen molar-refractivity contribution in [2.75, 3.05) is 0 Å². The van der Waals surface area contributed by atoms with E-state index in [1.165, 1.54) is 19.8 Å².